The first-order chi connectivity index (χ1) is 10.1. The van der Waals surface area contributed by atoms with Gasteiger partial charge in [0, 0.05) is 24.4 Å². The summed E-state index contributed by atoms with van der Waals surface area (Å²) in [7, 11) is 0. The zero-order valence-corrected chi connectivity index (χ0v) is 11.4. The first kappa shape index (κ1) is 15.0. The smallest absolute Gasteiger partial charge is 0.313 e. The van der Waals surface area contributed by atoms with Gasteiger partial charge >= 0.3 is 11.8 Å². The van der Waals surface area contributed by atoms with Gasteiger partial charge in [-0.3, -0.25) is 14.4 Å². The fourth-order valence-corrected chi connectivity index (χ4v) is 2.00. The van der Waals surface area contributed by atoms with Crippen molar-refractivity contribution in [3.63, 3.8) is 0 Å². The number of carbonyl (C=O) groups excluding carboxylic acids is 3. The number of nitrogens with two attached hydrogens (primary N) is 1. The Morgan fingerprint density at radius 1 is 1.19 bits per heavy atom. The number of rotatable bonds is 4. The Morgan fingerprint density at radius 2 is 1.90 bits per heavy atom. The highest BCUT2D eigenvalue weighted by Crippen LogP contribution is 2.11. The lowest BCUT2D eigenvalue weighted by molar-refractivity contribution is -0.136. The van der Waals surface area contributed by atoms with Gasteiger partial charge in [-0.25, -0.2) is 0 Å². The molecule has 21 heavy (non-hydrogen) atoms. The van der Waals surface area contributed by atoms with E-state index in [4.69, 9.17) is 10.5 Å². The van der Waals surface area contributed by atoms with E-state index in [9.17, 15) is 14.4 Å². The Labute approximate surface area is 121 Å². The average molecular weight is 291 g/mol. The van der Waals surface area contributed by atoms with Crippen LogP contribution < -0.4 is 16.4 Å². The molecule has 1 unspecified atom stereocenters. The Kier molecular flexibility index (Phi) is 4.89. The second-order valence-corrected chi connectivity index (χ2v) is 4.74. The van der Waals surface area contributed by atoms with Crippen LogP contribution in [0.3, 0.4) is 0 Å². The number of benzene rings is 1. The van der Waals surface area contributed by atoms with Gasteiger partial charge in [0.05, 0.1) is 6.10 Å². The number of hydrogen-bond acceptors (Lipinski definition) is 4. The van der Waals surface area contributed by atoms with E-state index in [-0.39, 0.29) is 6.10 Å². The van der Waals surface area contributed by atoms with E-state index in [0.717, 1.165) is 12.8 Å². The Morgan fingerprint density at radius 3 is 2.48 bits per heavy atom. The number of nitrogens with one attached hydrogen (secondary N) is 2. The molecule has 1 atom stereocenters. The van der Waals surface area contributed by atoms with Crippen LogP contribution in [0.2, 0.25) is 0 Å². The standard InChI is InChI=1S/C14H17N3O4/c15-12(18)9-3-5-10(6-4-9)17-14(20)13(19)16-8-11-2-1-7-21-11/h3-6,11H,1-2,7-8H2,(H2,15,18)(H,16,19)(H,17,20). The summed E-state index contributed by atoms with van der Waals surface area (Å²) < 4.78 is 5.35. The molecule has 1 fully saturated rings. The minimum absolute atomic E-state index is 0.0170. The molecule has 0 saturated carbocycles. The van der Waals surface area contributed by atoms with Crippen LogP contribution in [-0.4, -0.2) is 37.0 Å². The highest BCUT2D eigenvalue weighted by molar-refractivity contribution is 6.39. The molecule has 7 heteroatoms. The summed E-state index contributed by atoms with van der Waals surface area (Å²) in [5.41, 5.74) is 5.85. The van der Waals surface area contributed by atoms with Crippen molar-refractivity contribution in [1.29, 1.82) is 0 Å². The Hall–Kier alpha value is -2.41. The zero-order valence-electron chi connectivity index (χ0n) is 11.4. The van der Waals surface area contributed by atoms with Gasteiger partial charge in [0.15, 0.2) is 0 Å². The molecule has 4 N–H and O–H groups in total. The SMILES string of the molecule is NC(=O)c1ccc(NC(=O)C(=O)NCC2CCCO2)cc1. The lowest BCUT2D eigenvalue weighted by Crippen LogP contribution is -2.39. The summed E-state index contributed by atoms with van der Waals surface area (Å²) in [6, 6.07) is 5.96. The largest absolute Gasteiger partial charge is 0.376 e. The van der Waals surface area contributed by atoms with Crippen molar-refractivity contribution in [3.8, 4) is 0 Å². The van der Waals surface area contributed by atoms with Crippen molar-refractivity contribution >= 4 is 23.4 Å². The van der Waals surface area contributed by atoms with E-state index >= 15 is 0 Å². The third kappa shape index (κ3) is 4.28. The Balaban J connectivity index is 1.82. The first-order valence-corrected chi connectivity index (χ1v) is 6.67. The molecule has 1 heterocycles. The summed E-state index contributed by atoms with van der Waals surface area (Å²) in [4.78, 5) is 34.2. The van der Waals surface area contributed by atoms with E-state index in [1.54, 1.807) is 0 Å². The fraction of sp³-hybridized carbons (Fsp3) is 0.357. The first-order valence-electron chi connectivity index (χ1n) is 6.67. The Bertz CT molecular complexity index is 536. The highest BCUT2D eigenvalue weighted by atomic mass is 16.5. The van der Waals surface area contributed by atoms with Gasteiger partial charge < -0.3 is 21.1 Å². The molecule has 2 rings (SSSR count). The number of ether oxygens (including phenoxy) is 1. The molecule has 1 aromatic rings. The summed E-state index contributed by atoms with van der Waals surface area (Å²) in [6.45, 7) is 1.02. The molecule has 1 aliphatic rings. The zero-order chi connectivity index (χ0) is 15.2. The van der Waals surface area contributed by atoms with Crippen LogP contribution in [0, 0.1) is 0 Å². The number of carbonyl (C=O) groups is 3. The monoisotopic (exact) mass is 291 g/mol. The molecule has 1 aromatic carbocycles. The molecule has 0 spiro atoms. The highest BCUT2D eigenvalue weighted by Gasteiger charge is 2.19. The van der Waals surface area contributed by atoms with Gasteiger partial charge in [0.25, 0.3) is 0 Å². The topological polar surface area (TPSA) is 111 Å². The lowest BCUT2D eigenvalue weighted by atomic mass is 10.2. The van der Waals surface area contributed by atoms with Crippen molar-refractivity contribution in [1.82, 2.24) is 5.32 Å². The summed E-state index contributed by atoms with van der Waals surface area (Å²) in [5.74, 6) is -2.04. The maximum Gasteiger partial charge on any atom is 0.313 e. The predicted molar refractivity (Wildman–Crippen MR) is 75.6 cm³/mol. The van der Waals surface area contributed by atoms with E-state index in [2.05, 4.69) is 10.6 Å². The second-order valence-electron chi connectivity index (χ2n) is 4.74. The van der Waals surface area contributed by atoms with Gasteiger partial charge in [-0.15, -0.1) is 0 Å². The van der Waals surface area contributed by atoms with Gasteiger partial charge in [-0.05, 0) is 37.1 Å². The molecule has 3 amide bonds. The normalized spacial score (nSPS) is 17.2. The van der Waals surface area contributed by atoms with E-state index in [0.29, 0.717) is 24.4 Å². The lowest BCUT2D eigenvalue weighted by Gasteiger charge is -2.10. The molecular weight excluding hydrogens is 274 g/mol. The van der Waals surface area contributed by atoms with Crippen LogP contribution in [0.4, 0.5) is 5.69 Å². The van der Waals surface area contributed by atoms with Crippen LogP contribution in [0.25, 0.3) is 0 Å². The minimum atomic E-state index is -0.764. The quantitative estimate of drug-likeness (QED) is 0.679. The van der Waals surface area contributed by atoms with Crippen LogP contribution in [0.1, 0.15) is 23.2 Å². The molecule has 0 aromatic heterocycles. The summed E-state index contributed by atoms with van der Waals surface area (Å²) >= 11 is 0. The molecular formula is C14H17N3O4. The fourth-order valence-electron chi connectivity index (χ4n) is 2.00. The number of amides is 3. The number of primary amides is 1. The van der Waals surface area contributed by atoms with Crippen molar-refractivity contribution in [2.45, 2.75) is 18.9 Å². The molecule has 7 nitrogen and oxygen atoms in total. The van der Waals surface area contributed by atoms with Crippen LogP contribution in [-0.2, 0) is 14.3 Å². The molecule has 0 bridgehead atoms. The van der Waals surface area contributed by atoms with Gasteiger partial charge in [0.2, 0.25) is 5.91 Å². The molecule has 1 aliphatic heterocycles. The number of anilines is 1. The maximum atomic E-state index is 11.7. The molecule has 0 radical (unpaired) electrons. The second kappa shape index (κ2) is 6.85. The van der Waals surface area contributed by atoms with Gasteiger partial charge in [0.1, 0.15) is 0 Å². The van der Waals surface area contributed by atoms with Gasteiger partial charge in [-0.2, -0.15) is 0 Å². The van der Waals surface area contributed by atoms with Crippen LogP contribution in [0.5, 0.6) is 0 Å². The third-order valence-electron chi connectivity index (χ3n) is 3.15. The van der Waals surface area contributed by atoms with E-state index in [1.165, 1.54) is 24.3 Å². The average Bonchev–Trinajstić information content (AvgIpc) is 2.98. The molecule has 1 saturated heterocycles. The van der Waals surface area contributed by atoms with Crippen molar-refractivity contribution in [3.05, 3.63) is 29.8 Å². The number of hydrogen-bond donors (Lipinski definition) is 3. The van der Waals surface area contributed by atoms with Gasteiger partial charge in [-0.1, -0.05) is 0 Å². The molecule has 0 aliphatic carbocycles. The van der Waals surface area contributed by atoms with E-state index < -0.39 is 17.7 Å². The third-order valence-corrected chi connectivity index (χ3v) is 3.15. The summed E-state index contributed by atoms with van der Waals surface area (Å²) in [5, 5.41) is 4.96. The van der Waals surface area contributed by atoms with Crippen LogP contribution >= 0.6 is 0 Å². The minimum Gasteiger partial charge on any atom is -0.376 e. The molecule has 112 valence electrons. The maximum absolute atomic E-state index is 11.7. The van der Waals surface area contributed by atoms with Crippen molar-refractivity contribution < 1.29 is 19.1 Å². The van der Waals surface area contributed by atoms with Crippen molar-refractivity contribution in [2.24, 2.45) is 5.73 Å². The van der Waals surface area contributed by atoms with Crippen LogP contribution in [0.15, 0.2) is 24.3 Å². The van der Waals surface area contributed by atoms with Crippen molar-refractivity contribution in [2.75, 3.05) is 18.5 Å². The van der Waals surface area contributed by atoms with E-state index in [1.807, 2.05) is 0 Å². The predicted octanol–water partition coefficient (Wildman–Crippen LogP) is 0.0192. The summed E-state index contributed by atoms with van der Waals surface area (Å²) in [6.07, 6.45) is 1.84.